The van der Waals surface area contributed by atoms with Crippen molar-refractivity contribution in [1.82, 2.24) is 15.3 Å². The van der Waals surface area contributed by atoms with Crippen molar-refractivity contribution in [1.29, 1.82) is 0 Å². The largest absolute Gasteiger partial charge is 0.475 e. The SMILES string of the molecule is Cc1ccc2c(N)c(C(=O)N[C@H]3COc4nc(N5CC[C@@H]([C@H](N)CCO)C5)ccc4C3)sc2n1. The number of amides is 1. The Kier molecular flexibility index (Phi) is 6.28. The Hall–Kier alpha value is -2.95. The van der Waals surface area contributed by atoms with Crippen molar-refractivity contribution in [3.63, 3.8) is 0 Å². The Morgan fingerprint density at radius 1 is 1.35 bits per heavy atom. The molecule has 5 rings (SSSR count). The molecule has 5 heterocycles. The van der Waals surface area contributed by atoms with Gasteiger partial charge in [0.2, 0.25) is 5.88 Å². The van der Waals surface area contributed by atoms with Crippen molar-refractivity contribution in [2.24, 2.45) is 11.7 Å². The zero-order valence-corrected chi connectivity index (χ0v) is 20.0. The summed E-state index contributed by atoms with van der Waals surface area (Å²) < 4.78 is 5.94. The van der Waals surface area contributed by atoms with E-state index < -0.39 is 0 Å². The van der Waals surface area contributed by atoms with Gasteiger partial charge in [0.05, 0.1) is 11.7 Å². The summed E-state index contributed by atoms with van der Waals surface area (Å²) in [5.74, 6) is 1.64. The summed E-state index contributed by atoms with van der Waals surface area (Å²) in [7, 11) is 0. The van der Waals surface area contributed by atoms with Crippen molar-refractivity contribution < 1.29 is 14.6 Å². The van der Waals surface area contributed by atoms with Gasteiger partial charge in [0.15, 0.2) is 0 Å². The van der Waals surface area contributed by atoms with E-state index in [9.17, 15) is 4.79 Å². The van der Waals surface area contributed by atoms with Crippen LogP contribution in [0.4, 0.5) is 11.5 Å². The number of hydrogen-bond donors (Lipinski definition) is 4. The number of nitrogens with zero attached hydrogens (tertiary/aromatic N) is 3. The van der Waals surface area contributed by atoms with Gasteiger partial charge in [-0.3, -0.25) is 4.79 Å². The number of carbonyl (C=O) groups excluding carboxylic acids is 1. The second-order valence-corrected chi connectivity index (χ2v) is 10.1. The molecule has 1 saturated heterocycles. The fourth-order valence-electron chi connectivity index (χ4n) is 4.75. The molecule has 9 nitrogen and oxygen atoms in total. The van der Waals surface area contributed by atoms with Crippen LogP contribution in [-0.4, -0.2) is 59.4 Å². The van der Waals surface area contributed by atoms with Crippen LogP contribution >= 0.6 is 11.3 Å². The molecule has 180 valence electrons. The number of aromatic nitrogens is 2. The number of pyridine rings is 2. The first kappa shape index (κ1) is 22.8. The van der Waals surface area contributed by atoms with Crippen LogP contribution in [0.25, 0.3) is 10.2 Å². The number of anilines is 2. The lowest BCUT2D eigenvalue weighted by Gasteiger charge is -2.27. The standard InChI is InChI=1S/C24H30N6O3S/c1-13-2-4-17-20(26)21(34-24(17)27-13)22(32)28-16-10-14-3-5-19(29-23(14)33-12-16)30-8-6-15(11-30)18(25)7-9-31/h2-5,15-16,18,31H,6-12,25-26H2,1H3,(H,28,32)/t15-,16-,18-/m1/s1. The number of thiophene rings is 1. The van der Waals surface area contributed by atoms with Gasteiger partial charge in [-0.2, -0.15) is 4.98 Å². The molecule has 0 aromatic carbocycles. The van der Waals surface area contributed by atoms with E-state index in [1.165, 1.54) is 11.3 Å². The summed E-state index contributed by atoms with van der Waals surface area (Å²) in [6, 6.07) is 7.67. The molecule has 0 radical (unpaired) electrons. The lowest BCUT2D eigenvalue weighted by Crippen LogP contribution is -2.43. The predicted octanol–water partition coefficient (Wildman–Crippen LogP) is 1.85. The van der Waals surface area contributed by atoms with Crippen LogP contribution in [0, 0.1) is 12.8 Å². The van der Waals surface area contributed by atoms with Gasteiger partial charge in [0.1, 0.15) is 22.1 Å². The molecule has 0 unspecified atom stereocenters. The predicted molar refractivity (Wildman–Crippen MR) is 133 cm³/mol. The summed E-state index contributed by atoms with van der Waals surface area (Å²) >= 11 is 1.31. The number of carbonyl (C=O) groups is 1. The van der Waals surface area contributed by atoms with E-state index in [4.69, 9.17) is 26.3 Å². The van der Waals surface area contributed by atoms with Crippen molar-refractivity contribution in [2.45, 2.75) is 38.3 Å². The summed E-state index contributed by atoms with van der Waals surface area (Å²) in [6.07, 6.45) is 2.25. The van der Waals surface area contributed by atoms with E-state index in [1.807, 2.05) is 31.2 Å². The normalized spacial score (nSPS) is 20.7. The second-order valence-electron chi connectivity index (χ2n) is 9.14. The number of hydrogen-bond acceptors (Lipinski definition) is 9. The van der Waals surface area contributed by atoms with Crippen LogP contribution in [0.2, 0.25) is 0 Å². The maximum atomic E-state index is 12.9. The first-order chi connectivity index (χ1) is 16.4. The minimum atomic E-state index is -0.206. The average molecular weight is 483 g/mol. The van der Waals surface area contributed by atoms with Crippen LogP contribution in [0.3, 0.4) is 0 Å². The van der Waals surface area contributed by atoms with E-state index in [2.05, 4.69) is 15.2 Å². The number of aryl methyl sites for hydroxylation is 1. The molecule has 2 aliphatic rings. The summed E-state index contributed by atoms with van der Waals surface area (Å²) in [5.41, 5.74) is 14.8. The quantitative estimate of drug-likeness (QED) is 0.417. The Morgan fingerprint density at radius 3 is 3.03 bits per heavy atom. The van der Waals surface area contributed by atoms with Gasteiger partial charge in [-0.05, 0) is 49.9 Å². The molecular weight excluding hydrogens is 452 g/mol. The molecule has 3 aromatic heterocycles. The number of nitrogens with two attached hydrogens (primary N) is 2. The zero-order valence-electron chi connectivity index (χ0n) is 19.2. The van der Waals surface area contributed by atoms with E-state index in [1.54, 1.807) is 0 Å². The van der Waals surface area contributed by atoms with E-state index in [0.717, 1.165) is 46.8 Å². The Labute approximate surface area is 202 Å². The smallest absolute Gasteiger partial charge is 0.263 e. The van der Waals surface area contributed by atoms with Crippen LogP contribution < -0.4 is 26.4 Å². The van der Waals surface area contributed by atoms with Gasteiger partial charge >= 0.3 is 0 Å². The molecule has 10 heteroatoms. The first-order valence-corrected chi connectivity index (χ1v) is 12.4. The molecule has 2 aliphatic heterocycles. The van der Waals surface area contributed by atoms with Crippen molar-refractivity contribution in [2.75, 3.05) is 36.9 Å². The highest BCUT2D eigenvalue weighted by Crippen LogP contribution is 2.33. The van der Waals surface area contributed by atoms with Crippen LogP contribution in [0.15, 0.2) is 24.3 Å². The average Bonchev–Trinajstić information content (AvgIpc) is 3.44. The van der Waals surface area contributed by atoms with Gasteiger partial charge in [-0.1, -0.05) is 0 Å². The topological polar surface area (TPSA) is 140 Å². The summed E-state index contributed by atoms with van der Waals surface area (Å²) in [6.45, 7) is 4.10. The van der Waals surface area contributed by atoms with E-state index in [-0.39, 0.29) is 24.6 Å². The molecule has 1 fully saturated rings. The number of ether oxygens (including phenoxy) is 1. The number of nitrogens with one attached hydrogen (secondary N) is 1. The molecular formula is C24H30N6O3S. The minimum Gasteiger partial charge on any atom is -0.475 e. The number of fused-ring (bicyclic) bond motifs is 2. The Morgan fingerprint density at radius 2 is 2.21 bits per heavy atom. The molecule has 3 atom stereocenters. The molecule has 0 saturated carbocycles. The lowest BCUT2D eigenvalue weighted by atomic mass is 9.97. The molecule has 3 aromatic rings. The maximum Gasteiger partial charge on any atom is 0.263 e. The number of aliphatic hydroxyl groups excluding tert-OH is 1. The fraction of sp³-hybridized carbons (Fsp3) is 0.458. The molecule has 6 N–H and O–H groups in total. The first-order valence-electron chi connectivity index (χ1n) is 11.6. The van der Waals surface area contributed by atoms with Crippen molar-refractivity contribution in [3.8, 4) is 5.88 Å². The van der Waals surface area contributed by atoms with Crippen LogP contribution in [0.5, 0.6) is 5.88 Å². The fourth-order valence-corrected chi connectivity index (χ4v) is 5.79. The lowest BCUT2D eigenvalue weighted by molar-refractivity contribution is 0.0918. The van der Waals surface area contributed by atoms with Crippen LogP contribution in [0.1, 0.15) is 33.8 Å². The third kappa shape index (κ3) is 4.40. The summed E-state index contributed by atoms with van der Waals surface area (Å²) in [4.78, 5) is 25.6. The van der Waals surface area contributed by atoms with Crippen LogP contribution in [-0.2, 0) is 6.42 Å². The number of aliphatic hydroxyl groups is 1. The third-order valence-electron chi connectivity index (χ3n) is 6.70. The Balaban J connectivity index is 1.24. The van der Waals surface area contributed by atoms with E-state index >= 15 is 0 Å². The van der Waals surface area contributed by atoms with E-state index in [0.29, 0.717) is 41.8 Å². The van der Waals surface area contributed by atoms with Gasteiger partial charge in [0.25, 0.3) is 5.91 Å². The highest BCUT2D eigenvalue weighted by Gasteiger charge is 2.30. The molecule has 34 heavy (non-hydrogen) atoms. The molecule has 0 spiro atoms. The Bertz CT molecular complexity index is 1210. The number of rotatable bonds is 6. The van der Waals surface area contributed by atoms with Crippen molar-refractivity contribution in [3.05, 3.63) is 40.4 Å². The molecule has 0 aliphatic carbocycles. The highest BCUT2D eigenvalue weighted by molar-refractivity contribution is 7.21. The maximum absolute atomic E-state index is 12.9. The van der Waals surface area contributed by atoms with Gasteiger partial charge in [-0.15, -0.1) is 11.3 Å². The van der Waals surface area contributed by atoms with Gasteiger partial charge < -0.3 is 31.5 Å². The zero-order chi connectivity index (χ0) is 23.8. The highest BCUT2D eigenvalue weighted by atomic mass is 32.1. The second kappa shape index (κ2) is 9.36. The molecule has 1 amide bonds. The summed E-state index contributed by atoms with van der Waals surface area (Å²) in [5, 5.41) is 13.0. The minimum absolute atomic E-state index is 0.00280. The number of nitrogen functional groups attached to an aromatic ring is 1. The van der Waals surface area contributed by atoms with Gasteiger partial charge in [0, 0.05) is 48.8 Å². The van der Waals surface area contributed by atoms with Gasteiger partial charge in [-0.25, -0.2) is 4.98 Å². The molecule has 0 bridgehead atoms. The monoisotopic (exact) mass is 482 g/mol. The van der Waals surface area contributed by atoms with Crippen molar-refractivity contribution >= 4 is 39.0 Å². The third-order valence-corrected chi connectivity index (χ3v) is 7.82.